The molecule has 2 nitrogen and oxygen atoms in total. The monoisotopic (exact) mass is 258 g/mol. The van der Waals surface area contributed by atoms with Crippen molar-refractivity contribution in [2.24, 2.45) is 0 Å². The fraction of sp³-hybridized carbons (Fsp3) is 0.0769. The molecule has 0 fully saturated rings. The Bertz CT molecular complexity index is 609. The van der Waals surface area contributed by atoms with Gasteiger partial charge < -0.3 is 0 Å². The van der Waals surface area contributed by atoms with Crippen LogP contribution < -0.4 is 0 Å². The zero-order valence-corrected chi connectivity index (χ0v) is 10.9. The quantitative estimate of drug-likeness (QED) is 0.687. The van der Waals surface area contributed by atoms with Crippen LogP contribution in [-0.4, -0.2) is 10.2 Å². The molecule has 3 aromatic rings. The molecule has 0 aliphatic carbocycles. The zero-order chi connectivity index (χ0) is 11.7. The molecule has 3 rings (SSSR count). The first-order valence-electron chi connectivity index (χ1n) is 5.27. The Morgan fingerprint density at radius 3 is 2.41 bits per heavy atom. The molecule has 4 heteroatoms. The van der Waals surface area contributed by atoms with Gasteiger partial charge in [0.25, 0.3) is 0 Å². The fourth-order valence-electron chi connectivity index (χ4n) is 1.54. The summed E-state index contributed by atoms with van der Waals surface area (Å²) in [6, 6.07) is 12.5. The van der Waals surface area contributed by atoms with E-state index in [0.29, 0.717) is 0 Å². The van der Waals surface area contributed by atoms with E-state index in [4.69, 9.17) is 0 Å². The molecule has 17 heavy (non-hydrogen) atoms. The van der Waals surface area contributed by atoms with Crippen molar-refractivity contribution in [1.29, 1.82) is 0 Å². The van der Waals surface area contributed by atoms with Gasteiger partial charge in [-0.2, -0.15) is 0 Å². The zero-order valence-electron chi connectivity index (χ0n) is 9.25. The third-order valence-corrected chi connectivity index (χ3v) is 4.47. The summed E-state index contributed by atoms with van der Waals surface area (Å²) in [5.74, 6) is 0. The van der Waals surface area contributed by atoms with Crippen LogP contribution in [0.4, 0.5) is 0 Å². The molecule has 0 atom stereocenters. The van der Waals surface area contributed by atoms with E-state index in [1.54, 1.807) is 22.7 Å². The summed E-state index contributed by atoms with van der Waals surface area (Å²) in [6.07, 6.45) is 0. The SMILES string of the molecule is Cc1ccc(-c2nnc(-c3cccs3)s2)cc1. The molecule has 0 saturated heterocycles. The molecular formula is C13H10N2S2. The molecule has 0 aliphatic rings. The van der Waals surface area contributed by atoms with Gasteiger partial charge >= 0.3 is 0 Å². The lowest BCUT2D eigenvalue weighted by atomic mass is 10.2. The molecule has 0 N–H and O–H groups in total. The predicted octanol–water partition coefficient (Wildman–Crippen LogP) is 4.24. The van der Waals surface area contributed by atoms with E-state index in [1.165, 1.54) is 10.4 Å². The van der Waals surface area contributed by atoms with E-state index in [0.717, 1.165) is 15.6 Å². The second kappa shape index (κ2) is 4.39. The minimum atomic E-state index is 0.980. The highest BCUT2D eigenvalue weighted by Crippen LogP contribution is 2.32. The minimum Gasteiger partial charge on any atom is -0.141 e. The Morgan fingerprint density at radius 2 is 1.71 bits per heavy atom. The van der Waals surface area contributed by atoms with Crippen molar-refractivity contribution < 1.29 is 0 Å². The fourth-order valence-corrected chi connectivity index (χ4v) is 3.18. The van der Waals surface area contributed by atoms with Crippen LogP contribution in [0.25, 0.3) is 20.5 Å². The van der Waals surface area contributed by atoms with Crippen molar-refractivity contribution in [2.75, 3.05) is 0 Å². The van der Waals surface area contributed by atoms with Crippen LogP contribution in [-0.2, 0) is 0 Å². The van der Waals surface area contributed by atoms with Gasteiger partial charge in [0.15, 0.2) is 5.01 Å². The summed E-state index contributed by atoms with van der Waals surface area (Å²) in [6.45, 7) is 2.08. The molecular weight excluding hydrogens is 248 g/mol. The number of aryl methyl sites for hydroxylation is 1. The predicted molar refractivity (Wildman–Crippen MR) is 73.4 cm³/mol. The van der Waals surface area contributed by atoms with Crippen molar-refractivity contribution in [3.05, 3.63) is 47.3 Å². The number of nitrogens with zero attached hydrogens (tertiary/aromatic N) is 2. The van der Waals surface area contributed by atoms with Gasteiger partial charge in [-0.15, -0.1) is 21.5 Å². The molecule has 0 aliphatic heterocycles. The summed E-state index contributed by atoms with van der Waals surface area (Å²) in [5.41, 5.74) is 2.40. The number of rotatable bonds is 2. The summed E-state index contributed by atoms with van der Waals surface area (Å²) in [7, 11) is 0. The molecule has 2 aromatic heterocycles. The third kappa shape index (κ3) is 2.14. The highest BCUT2D eigenvalue weighted by Gasteiger charge is 2.08. The van der Waals surface area contributed by atoms with Gasteiger partial charge in [-0.3, -0.25) is 0 Å². The van der Waals surface area contributed by atoms with Crippen molar-refractivity contribution >= 4 is 22.7 Å². The number of hydrogen-bond donors (Lipinski definition) is 0. The van der Waals surface area contributed by atoms with Crippen LogP contribution in [0.1, 0.15) is 5.56 Å². The third-order valence-electron chi connectivity index (χ3n) is 2.46. The van der Waals surface area contributed by atoms with Gasteiger partial charge in [-0.05, 0) is 18.4 Å². The number of thiophene rings is 1. The first-order valence-corrected chi connectivity index (χ1v) is 6.97. The Labute approximate surface area is 108 Å². The molecule has 0 spiro atoms. The molecule has 2 heterocycles. The van der Waals surface area contributed by atoms with Crippen molar-refractivity contribution in [3.8, 4) is 20.5 Å². The van der Waals surface area contributed by atoms with Gasteiger partial charge in [0.05, 0.1) is 4.88 Å². The van der Waals surface area contributed by atoms with Gasteiger partial charge in [0.1, 0.15) is 5.01 Å². The lowest BCUT2D eigenvalue weighted by Crippen LogP contribution is -1.77. The first-order chi connectivity index (χ1) is 8.33. The van der Waals surface area contributed by atoms with Gasteiger partial charge in [0.2, 0.25) is 0 Å². The average Bonchev–Trinajstić information content (AvgIpc) is 3.00. The molecule has 0 amide bonds. The van der Waals surface area contributed by atoms with Crippen LogP contribution >= 0.6 is 22.7 Å². The van der Waals surface area contributed by atoms with Gasteiger partial charge in [-0.25, -0.2) is 0 Å². The summed E-state index contributed by atoms with van der Waals surface area (Å²) in [5, 5.41) is 12.5. The van der Waals surface area contributed by atoms with Gasteiger partial charge in [-0.1, -0.05) is 47.2 Å². The minimum absolute atomic E-state index is 0.980. The Balaban J connectivity index is 1.98. The van der Waals surface area contributed by atoms with E-state index in [-0.39, 0.29) is 0 Å². The molecule has 1 aromatic carbocycles. The maximum Gasteiger partial charge on any atom is 0.158 e. The Kier molecular flexibility index (Phi) is 2.74. The van der Waals surface area contributed by atoms with Crippen molar-refractivity contribution in [3.63, 3.8) is 0 Å². The van der Waals surface area contributed by atoms with E-state index in [2.05, 4.69) is 52.8 Å². The molecule has 84 valence electrons. The molecule has 0 bridgehead atoms. The Hall–Kier alpha value is -1.52. The molecule has 0 saturated carbocycles. The topological polar surface area (TPSA) is 25.8 Å². The number of benzene rings is 1. The average molecular weight is 258 g/mol. The second-order valence-corrected chi connectivity index (χ2v) is 5.68. The highest BCUT2D eigenvalue weighted by atomic mass is 32.1. The maximum absolute atomic E-state index is 4.25. The smallest absolute Gasteiger partial charge is 0.141 e. The summed E-state index contributed by atoms with van der Waals surface area (Å²) >= 11 is 3.33. The van der Waals surface area contributed by atoms with E-state index < -0.39 is 0 Å². The lowest BCUT2D eigenvalue weighted by Gasteiger charge is -1.95. The molecule has 0 unspecified atom stereocenters. The van der Waals surface area contributed by atoms with Crippen molar-refractivity contribution in [2.45, 2.75) is 6.92 Å². The molecule has 0 radical (unpaired) electrons. The van der Waals surface area contributed by atoms with E-state index >= 15 is 0 Å². The number of hydrogen-bond acceptors (Lipinski definition) is 4. The van der Waals surface area contributed by atoms with Crippen LogP contribution in [0.2, 0.25) is 0 Å². The van der Waals surface area contributed by atoms with E-state index in [9.17, 15) is 0 Å². The normalized spacial score (nSPS) is 10.6. The summed E-state index contributed by atoms with van der Waals surface area (Å²) < 4.78 is 0. The van der Waals surface area contributed by atoms with Crippen LogP contribution in [0.15, 0.2) is 41.8 Å². The Morgan fingerprint density at radius 1 is 0.941 bits per heavy atom. The maximum atomic E-state index is 4.25. The van der Waals surface area contributed by atoms with Crippen LogP contribution in [0, 0.1) is 6.92 Å². The van der Waals surface area contributed by atoms with Gasteiger partial charge in [0, 0.05) is 5.56 Å². The standard InChI is InChI=1S/C13H10N2S2/c1-9-4-6-10(7-5-9)12-14-15-13(17-12)11-3-2-8-16-11/h2-8H,1H3. The first kappa shape index (κ1) is 10.6. The van der Waals surface area contributed by atoms with E-state index in [1.807, 2.05) is 6.07 Å². The van der Waals surface area contributed by atoms with Crippen molar-refractivity contribution in [1.82, 2.24) is 10.2 Å². The lowest BCUT2D eigenvalue weighted by molar-refractivity contribution is 1.10. The highest BCUT2D eigenvalue weighted by molar-refractivity contribution is 7.22. The largest absolute Gasteiger partial charge is 0.158 e. The number of aromatic nitrogens is 2. The second-order valence-electron chi connectivity index (χ2n) is 3.76. The van der Waals surface area contributed by atoms with Crippen LogP contribution in [0.3, 0.4) is 0 Å². The van der Waals surface area contributed by atoms with Crippen LogP contribution in [0.5, 0.6) is 0 Å². The summed E-state index contributed by atoms with van der Waals surface area (Å²) in [4.78, 5) is 1.18.